The molecule has 100 valence electrons. The highest BCUT2D eigenvalue weighted by Gasteiger charge is 2.12. The van der Waals surface area contributed by atoms with Crippen molar-refractivity contribution in [3.05, 3.63) is 46.8 Å². The molecule has 5 heteroatoms. The molecule has 0 spiro atoms. The molecule has 0 unspecified atom stereocenters. The van der Waals surface area contributed by atoms with Gasteiger partial charge in [-0.25, -0.2) is 0 Å². The van der Waals surface area contributed by atoms with Gasteiger partial charge in [0.2, 0.25) is 0 Å². The average molecular weight is 259 g/mol. The number of nitrogens with one attached hydrogen (secondary N) is 1. The molecule has 0 saturated carbocycles. The van der Waals surface area contributed by atoms with E-state index in [4.69, 9.17) is 0 Å². The van der Waals surface area contributed by atoms with Gasteiger partial charge in [-0.2, -0.15) is 5.10 Å². The maximum atomic E-state index is 12.0. The Hall–Kier alpha value is -2.30. The van der Waals surface area contributed by atoms with E-state index >= 15 is 0 Å². The Balaban J connectivity index is 2.09. The Kier molecular flexibility index (Phi) is 3.55. The van der Waals surface area contributed by atoms with Crippen molar-refractivity contribution in [3.63, 3.8) is 0 Å². The Labute approximate surface area is 111 Å². The number of benzene rings is 1. The van der Waals surface area contributed by atoms with Crippen LogP contribution in [0, 0.1) is 13.8 Å². The van der Waals surface area contributed by atoms with Gasteiger partial charge in [0.15, 0.2) is 0 Å². The van der Waals surface area contributed by atoms with Gasteiger partial charge < -0.3 is 10.4 Å². The van der Waals surface area contributed by atoms with Crippen molar-refractivity contribution < 1.29 is 9.90 Å². The van der Waals surface area contributed by atoms with Crippen molar-refractivity contribution >= 4 is 5.91 Å². The van der Waals surface area contributed by atoms with Gasteiger partial charge in [-0.3, -0.25) is 9.48 Å². The van der Waals surface area contributed by atoms with Crippen LogP contribution in [-0.4, -0.2) is 20.8 Å². The SMILES string of the molecule is Cc1ccc(O)c(C(=O)NCc2cn(C)nc2C)c1. The lowest BCUT2D eigenvalue weighted by molar-refractivity contribution is 0.0948. The summed E-state index contributed by atoms with van der Waals surface area (Å²) >= 11 is 0. The van der Waals surface area contributed by atoms with E-state index in [1.54, 1.807) is 16.8 Å². The number of amides is 1. The molecule has 0 aliphatic carbocycles. The minimum atomic E-state index is -0.288. The number of aryl methyl sites for hydroxylation is 3. The van der Waals surface area contributed by atoms with E-state index in [1.807, 2.05) is 27.1 Å². The van der Waals surface area contributed by atoms with E-state index in [0.29, 0.717) is 12.1 Å². The monoisotopic (exact) mass is 259 g/mol. The molecule has 2 N–H and O–H groups in total. The maximum absolute atomic E-state index is 12.0. The molecule has 1 aromatic heterocycles. The number of phenolic OH excluding ortho intramolecular Hbond substituents is 1. The van der Waals surface area contributed by atoms with E-state index in [1.165, 1.54) is 6.07 Å². The van der Waals surface area contributed by atoms with Gasteiger partial charge in [0.1, 0.15) is 5.75 Å². The molecule has 19 heavy (non-hydrogen) atoms. The lowest BCUT2D eigenvalue weighted by atomic mass is 10.1. The van der Waals surface area contributed by atoms with Crippen LogP contribution in [0.15, 0.2) is 24.4 Å². The summed E-state index contributed by atoms with van der Waals surface area (Å²) in [5.74, 6) is -0.296. The first-order valence-corrected chi connectivity index (χ1v) is 6.04. The first kappa shape index (κ1) is 13.1. The minimum Gasteiger partial charge on any atom is -0.507 e. The summed E-state index contributed by atoms with van der Waals surface area (Å²) in [7, 11) is 1.84. The first-order valence-electron chi connectivity index (χ1n) is 6.04. The number of hydrogen-bond acceptors (Lipinski definition) is 3. The Morgan fingerprint density at radius 3 is 2.79 bits per heavy atom. The average Bonchev–Trinajstić information content (AvgIpc) is 2.68. The fraction of sp³-hybridized carbons (Fsp3) is 0.286. The smallest absolute Gasteiger partial charge is 0.255 e. The highest BCUT2D eigenvalue weighted by molar-refractivity contribution is 5.96. The van der Waals surface area contributed by atoms with Crippen molar-refractivity contribution in [1.82, 2.24) is 15.1 Å². The number of phenols is 1. The zero-order chi connectivity index (χ0) is 14.0. The van der Waals surface area contributed by atoms with Crippen molar-refractivity contribution in [1.29, 1.82) is 0 Å². The van der Waals surface area contributed by atoms with Gasteiger partial charge in [0, 0.05) is 25.4 Å². The van der Waals surface area contributed by atoms with Gasteiger partial charge >= 0.3 is 0 Å². The fourth-order valence-corrected chi connectivity index (χ4v) is 1.92. The largest absolute Gasteiger partial charge is 0.507 e. The van der Waals surface area contributed by atoms with Crippen LogP contribution in [0.2, 0.25) is 0 Å². The van der Waals surface area contributed by atoms with E-state index in [9.17, 15) is 9.90 Å². The van der Waals surface area contributed by atoms with Gasteiger partial charge in [0.25, 0.3) is 5.91 Å². The van der Waals surface area contributed by atoms with Crippen molar-refractivity contribution in [2.24, 2.45) is 7.05 Å². The van der Waals surface area contributed by atoms with E-state index in [0.717, 1.165) is 16.8 Å². The first-order chi connectivity index (χ1) is 8.97. The lowest BCUT2D eigenvalue weighted by Gasteiger charge is -2.07. The van der Waals surface area contributed by atoms with Crippen LogP contribution >= 0.6 is 0 Å². The normalized spacial score (nSPS) is 10.5. The van der Waals surface area contributed by atoms with Crippen LogP contribution < -0.4 is 5.32 Å². The minimum absolute atomic E-state index is 0.00833. The Bertz CT molecular complexity index is 617. The fourth-order valence-electron chi connectivity index (χ4n) is 1.92. The molecule has 2 rings (SSSR count). The summed E-state index contributed by atoms with van der Waals surface area (Å²) in [6, 6.07) is 4.96. The molecule has 0 fully saturated rings. The maximum Gasteiger partial charge on any atom is 0.255 e. The van der Waals surface area contributed by atoms with Crippen LogP contribution in [0.25, 0.3) is 0 Å². The van der Waals surface area contributed by atoms with Crippen molar-refractivity contribution in [2.75, 3.05) is 0 Å². The highest BCUT2D eigenvalue weighted by atomic mass is 16.3. The highest BCUT2D eigenvalue weighted by Crippen LogP contribution is 2.18. The molecule has 0 aliphatic heterocycles. The van der Waals surface area contributed by atoms with Gasteiger partial charge in [-0.15, -0.1) is 0 Å². The van der Waals surface area contributed by atoms with Crippen molar-refractivity contribution in [3.8, 4) is 5.75 Å². The number of rotatable bonds is 3. The molecule has 1 heterocycles. The van der Waals surface area contributed by atoms with Gasteiger partial charge in [-0.1, -0.05) is 11.6 Å². The number of carbonyl (C=O) groups is 1. The molecule has 0 atom stereocenters. The number of aromatic hydroxyl groups is 1. The predicted octanol–water partition coefficient (Wildman–Crippen LogP) is 1.67. The van der Waals surface area contributed by atoms with Crippen LogP contribution in [-0.2, 0) is 13.6 Å². The predicted molar refractivity (Wildman–Crippen MR) is 72.0 cm³/mol. The van der Waals surface area contributed by atoms with E-state index < -0.39 is 0 Å². The third kappa shape index (κ3) is 2.93. The van der Waals surface area contributed by atoms with Crippen LogP contribution in [0.5, 0.6) is 5.75 Å². The summed E-state index contributed by atoms with van der Waals surface area (Å²) in [4.78, 5) is 12.0. The molecule has 1 aromatic carbocycles. The topological polar surface area (TPSA) is 67.2 Å². The quantitative estimate of drug-likeness (QED) is 0.881. The summed E-state index contributed by atoms with van der Waals surface area (Å²) in [6.45, 7) is 4.17. The zero-order valence-electron chi connectivity index (χ0n) is 11.3. The van der Waals surface area contributed by atoms with Gasteiger partial charge in [-0.05, 0) is 26.0 Å². The van der Waals surface area contributed by atoms with E-state index in [-0.39, 0.29) is 11.7 Å². The van der Waals surface area contributed by atoms with E-state index in [2.05, 4.69) is 10.4 Å². The molecule has 0 radical (unpaired) electrons. The third-order valence-corrected chi connectivity index (χ3v) is 2.95. The van der Waals surface area contributed by atoms with Crippen LogP contribution in [0.3, 0.4) is 0 Å². The summed E-state index contributed by atoms with van der Waals surface area (Å²) in [6.07, 6.45) is 1.87. The third-order valence-electron chi connectivity index (χ3n) is 2.95. The zero-order valence-corrected chi connectivity index (χ0v) is 11.3. The number of carbonyl (C=O) groups excluding carboxylic acids is 1. The molecule has 2 aromatic rings. The molecule has 0 saturated heterocycles. The Morgan fingerprint density at radius 2 is 2.16 bits per heavy atom. The molecular weight excluding hydrogens is 242 g/mol. The number of hydrogen-bond donors (Lipinski definition) is 2. The number of aromatic nitrogens is 2. The molecule has 0 bridgehead atoms. The summed E-state index contributed by atoms with van der Waals surface area (Å²) in [5, 5.41) is 16.7. The Morgan fingerprint density at radius 1 is 1.42 bits per heavy atom. The second kappa shape index (κ2) is 5.14. The summed E-state index contributed by atoms with van der Waals surface area (Å²) in [5.41, 5.74) is 3.07. The second-order valence-electron chi connectivity index (χ2n) is 4.62. The second-order valence-corrected chi connectivity index (χ2v) is 4.62. The van der Waals surface area contributed by atoms with Crippen LogP contribution in [0.4, 0.5) is 0 Å². The van der Waals surface area contributed by atoms with Crippen molar-refractivity contribution in [2.45, 2.75) is 20.4 Å². The molecular formula is C14H17N3O2. The summed E-state index contributed by atoms with van der Waals surface area (Å²) < 4.78 is 1.71. The molecule has 1 amide bonds. The standard InChI is InChI=1S/C14H17N3O2/c1-9-4-5-13(18)12(6-9)14(19)15-7-11-8-17(3)16-10(11)2/h4-6,8,18H,7H2,1-3H3,(H,15,19). The lowest BCUT2D eigenvalue weighted by Crippen LogP contribution is -2.23. The van der Waals surface area contributed by atoms with Crippen LogP contribution in [0.1, 0.15) is 27.2 Å². The van der Waals surface area contributed by atoms with Gasteiger partial charge in [0.05, 0.1) is 11.3 Å². The number of nitrogens with zero attached hydrogens (tertiary/aromatic N) is 2. The molecule has 0 aliphatic rings. The molecule has 5 nitrogen and oxygen atoms in total.